The molecule has 44 heavy (non-hydrogen) atoms. The van der Waals surface area contributed by atoms with E-state index in [1.165, 1.54) is 55.3 Å². The fourth-order valence-corrected chi connectivity index (χ4v) is 7.15. The molecule has 0 saturated heterocycles. The van der Waals surface area contributed by atoms with Crippen LogP contribution in [-0.2, 0) is 5.41 Å². The predicted octanol–water partition coefficient (Wildman–Crippen LogP) is 11.9. The second kappa shape index (κ2) is 10.4. The van der Waals surface area contributed by atoms with Crippen molar-refractivity contribution in [2.24, 2.45) is 0 Å². The van der Waals surface area contributed by atoms with Crippen LogP contribution in [0.4, 0.5) is 17.1 Å². The van der Waals surface area contributed by atoms with E-state index in [0.29, 0.717) is 0 Å². The van der Waals surface area contributed by atoms with Gasteiger partial charge in [0, 0.05) is 22.4 Å². The summed E-state index contributed by atoms with van der Waals surface area (Å²) >= 11 is 0. The van der Waals surface area contributed by atoms with E-state index >= 15 is 0 Å². The van der Waals surface area contributed by atoms with Crippen LogP contribution in [0.1, 0.15) is 25.0 Å². The fourth-order valence-electron chi connectivity index (χ4n) is 7.15. The Morgan fingerprint density at radius 1 is 0.432 bits per heavy atom. The Balaban J connectivity index is 1.47. The van der Waals surface area contributed by atoms with Gasteiger partial charge in [0.1, 0.15) is 0 Å². The monoisotopic (exact) mass is 563 g/mol. The molecule has 1 aliphatic carbocycles. The van der Waals surface area contributed by atoms with Crippen LogP contribution in [-0.4, -0.2) is 0 Å². The van der Waals surface area contributed by atoms with Gasteiger partial charge < -0.3 is 4.90 Å². The van der Waals surface area contributed by atoms with E-state index in [4.69, 9.17) is 0 Å². The maximum Gasteiger partial charge on any atom is 0.0552 e. The third-order valence-electron chi connectivity index (χ3n) is 9.23. The normalized spacial score (nSPS) is 13.0. The summed E-state index contributed by atoms with van der Waals surface area (Å²) in [5, 5.41) is 2.47. The van der Waals surface area contributed by atoms with Crippen molar-refractivity contribution in [3.8, 4) is 33.4 Å². The first-order valence-corrected chi connectivity index (χ1v) is 15.4. The number of para-hydroxylation sites is 1. The molecule has 7 aromatic rings. The standard InChI is InChI=1S/C43H33N/c1-43(2)38-25-15-14-24-36(38)37-27-26-34(29-39(37)43)44(33-21-10-5-11-22-33)40-28-32-20-12-13-23-35(32)41(30-16-6-3-7-17-30)42(40)31-18-8-4-9-19-31/h3-29H,1-2H3. The molecule has 0 spiro atoms. The summed E-state index contributed by atoms with van der Waals surface area (Å²) in [6.45, 7) is 4.71. The Labute approximate surface area is 259 Å². The van der Waals surface area contributed by atoms with Crippen LogP contribution in [0, 0.1) is 0 Å². The summed E-state index contributed by atoms with van der Waals surface area (Å²) in [5.41, 5.74) is 13.7. The molecule has 0 unspecified atom stereocenters. The minimum atomic E-state index is -0.0921. The molecule has 0 bridgehead atoms. The summed E-state index contributed by atoms with van der Waals surface area (Å²) in [6.07, 6.45) is 0. The zero-order chi connectivity index (χ0) is 29.7. The van der Waals surface area contributed by atoms with Crippen molar-refractivity contribution in [1.29, 1.82) is 0 Å². The number of benzene rings is 7. The molecule has 0 N–H and O–H groups in total. The Morgan fingerprint density at radius 2 is 1.00 bits per heavy atom. The molecule has 0 amide bonds. The van der Waals surface area contributed by atoms with E-state index in [2.05, 4.69) is 183 Å². The highest BCUT2D eigenvalue weighted by molar-refractivity contribution is 6.10. The van der Waals surface area contributed by atoms with E-state index in [1.54, 1.807) is 0 Å². The van der Waals surface area contributed by atoms with E-state index in [9.17, 15) is 0 Å². The van der Waals surface area contributed by atoms with Crippen molar-refractivity contribution in [3.05, 3.63) is 175 Å². The van der Waals surface area contributed by atoms with Crippen molar-refractivity contribution in [2.75, 3.05) is 4.90 Å². The predicted molar refractivity (Wildman–Crippen MR) is 187 cm³/mol. The van der Waals surface area contributed by atoms with Crippen LogP contribution in [0.2, 0.25) is 0 Å². The van der Waals surface area contributed by atoms with Crippen molar-refractivity contribution >= 4 is 27.8 Å². The highest BCUT2D eigenvalue weighted by Crippen LogP contribution is 2.52. The minimum absolute atomic E-state index is 0.0921. The first kappa shape index (κ1) is 26.2. The van der Waals surface area contributed by atoms with Crippen molar-refractivity contribution in [1.82, 2.24) is 0 Å². The van der Waals surface area contributed by atoms with Gasteiger partial charge in [-0.3, -0.25) is 0 Å². The summed E-state index contributed by atoms with van der Waals surface area (Å²) in [4.78, 5) is 2.46. The molecule has 8 rings (SSSR count). The van der Waals surface area contributed by atoms with Crippen LogP contribution in [0.3, 0.4) is 0 Å². The van der Waals surface area contributed by atoms with Gasteiger partial charge in [-0.15, -0.1) is 0 Å². The van der Waals surface area contributed by atoms with E-state index < -0.39 is 0 Å². The van der Waals surface area contributed by atoms with Crippen molar-refractivity contribution in [2.45, 2.75) is 19.3 Å². The van der Waals surface area contributed by atoms with Crippen LogP contribution in [0.15, 0.2) is 164 Å². The van der Waals surface area contributed by atoms with Gasteiger partial charge >= 0.3 is 0 Å². The number of hydrogen-bond acceptors (Lipinski definition) is 1. The van der Waals surface area contributed by atoms with E-state index in [1.807, 2.05) is 0 Å². The molecule has 0 radical (unpaired) electrons. The largest absolute Gasteiger partial charge is 0.310 e. The van der Waals surface area contributed by atoms with Gasteiger partial charge in [-0.05, 0) is 80.0 Å². The SMILES string of the molecule is CC1(C)c2ccccc2-c2ccc(N(c3ccccc3)c3cc4ccccc4c(-c4ccccc4)c3-c3ccccc3)cc21. The average molecular weight is 564 g/mol. The minimum Gasteiger partial charge on any atom is -0.310 e. The molecule has 1 aliphatic rings. The van der Waals surface area contributed by atoms with Gasteiger partial charge in [-0.2, -0.15) is 0 Å². The van der Waals surface area contributed by atoms with Crippen LogP contribution in [0.5, 0.6) is 0 Å². The maximum absolute atomic E-state index is 2.46. The number of rotatable bonds is 5. The van der Waals surface area contributed by atoms with Crippen LogP contribution in [0.25, 0.3) is 44.2 Å². The fraction of sp³-hybridized carbons (Fsp3) is 0.0698. The summed E-state index contributed by atoms with van der Waals surface area (Å²) in [5.74, 6) is 0. The molecule has 0 atom stereocenters. The third-order valence-corrected chi connectivity index (χ3v) is 9.23. The number of hydrogen-bond donors (Lipinski definition) is 0. The van der Waals surface area contributed by atoms with Gasteiger partial charge in [-0.1, -0.05) is 147 Å². The average Bonchev–Trinajstić information content (AvgIpc) is 3.31. The zero-order valence-electron chi connectivity index (χ0n) is 25.0. The topological polar surface area (TPSA) is 3.24 Å². The molecule has 0 saturated carbocycles. The molecule has 0 aliphatic heterocycles. The lowest BCUT2D eigenvalue weighted by atomic mass is 9.82. The lowest BCUT2D eigenvalue weighted by molar-refractivity contribution is 0.660. The highest BCUT2D eigenvalue weighted by atomic mass is 15.1. The highest BCUT2D eigenvalue weighted by Gasteiger charge is 2.36. The Hall–Kier alpha value is -5.40. The van der Waals surface area contributed by atoms with Gasteiger partial charge in [-0.25, -0.2) is 0 Å². The summed E-state index contributed by atoms with van der Waals surface area (Å²) < 4.78 is 0. The van der Waals surface area contributed by atoms with E-state index in [-0.39, 0.29) is 5.41 Å². The maximum atomic E-state index is 2.46. The first-order chi connectivity index (χ1) is 21.6. The number of nitrogens with zero attached hydrogens (tertiary/aromatic N) is 1. The summed E-state index contributed by atoms with van der Waals surface area (Å²) in [7, 11) is 0. The Morgan fingerprint density at radius 3 is 1.73 bits per heavy atom. The lowest BCUT2D eigenvalue weighted by Crippen LogP contribution is -2.17. The van der Waals surface area contributed by atoms with Crippen LogP contribution < -0.4 is 4.90 Å². The van der Waals surface area contributed by atoms with Gasteiger partial charge in [0.2, 0.25) is 0 Å². The molecular formula is C43H33N. The molecule has 0 heterocycles. The van der Waals surface area contributed by atoms with Gasteiger partial charge in [0.25, 0.3) is 0 Å². The molecule has 0 fully saturated rings. The second-order valence-electron chi connectivity index (χ2n) is 12.2. The van der Waals surface area contributed by atoms with Crippen molar-refractivity contribution < 1.29 is 0 Å². The Kier molecular flexibility index (Phi) is 6.20. The molecule has 7 aromatic carbocycles. The molecule has 210 valence electrons. The lowest BCUT2D eigenvalue weighted by Gasteiger charge is -2.31. The molecule has 0 aromatic heterocycles. The molecular weight excluding hydrogens is 530 g/mol. The van der Waals surface area contributed by atoms with Crippen molar-refractivity contribution in [3.63, 3.8) is 0 Å². The van der Waals surface area contributed by atoms with Gasteiger partial charge in [0.15, 0.2) is 0 Å². The first-order valence-electron chi connectivity index (χ1n) is 15.4. The van der Waals surface area contributed by atoms with E-state index in [0.717, 1.165) is 17.1 Å². The summed E-state index contributed by atoms with van der Waals surface area (Å²) in [6, 6.07) is 59.6. The third kappa shape index (κ3) is 4.16. The molecule has 1 heteroatoms. The second-order valence-corrected chi connectivity index (χ2v) is 12.2. The zero-order valence-corrected chi connectivity index (χ0v) is 25.0. The number of fused-ring (bicyclic) bond motifs is 4. The Bertz CT molecular complexity index is 2130. The van der Waals surface area contributed by atoms with Crippen LogP contribution >= 0.6 is 0 Å². The smallest absolute Gasteiger partial charge is 0.0552 e. The number of anilines is 3. The molecule has 1 nitrogen and oxygen atoms in total. The van der Waals surface area contributed by atoms with Gasteiger partial charge in [0.05, 0.1) is 5.69 Å². The quantitative estimate of drug-likeness (QED) is 0.201.